The highest BCUT2D eigenvalue weighted by Gasteiger charge is 2.11. The molecule has 0 atom stereocenters. The first-order valence-electron chi connectivity index (χ1n) is 7.26. The van der Waals surface area contributed by atoms with E-state index in [1.54, 1.807) is 13.0 Å². The Labute approximate surface area is 157 Å². The van der Waals surface area contributed by atoms with Gasteiger partial charge in [-0.25, -0.2) is 5.43 Å². The van der Waals surface area contributed by atoms with E-state index in [4.69, 9.17) is 0 Å². The molecule has 0 radical (unpaired) electrons. The molecule has 7 nitrogen and oxygen atoms in total. The predicted octanol–water partition coefficient (Wildman–Crippen LogP) is 2.84. The van der Waals surface area contributed by atoms with Crippen LogP contribution < -0.4 is 10.7 Å². The third kappa shape index (κ3) is 5.75. The van der Waals surface area contributed by atoms with Crippen LogP contribution in [-0.2, 0) is 4.79 Å². The normalized spacial score (nSPS) is 11.0. The summed E-state index contributed by atoms with van der Waals surface area (Å²) in [5.41, 5.74) is 3.31. The largest absolute Gasteiger partial charge is 0.508 e. The van der Waals surface area contributed by atoms with Crippen LogP contribution in [0.4, 0.5) is 5.69 Å². The number of nitrogens with one attached hydrogen (secondary N) is 2. The minimum atomic E-state index is -0.644. The molecule has 0 bridgehead atoms. The van der Waals surface area contributed by atoms with Gasteiger partial charge >= 0.3 is 0 Å². The van der Waals surface area contributed by atoms with E-state index in [2.05, 4.69) is 38.4 Å². The number of nitrogens with zero attached hydrogens (tertiary/aromatic N) is 1. The molecule has 0 fully saturated rings. The van der Waals surface area contributed by atoms with Crippen molar-refractivity contribution in [2.24, 2.45) is 5.10 Å². The number of aromatic hydroxyl groups is 2. The molecule has 8 heteroatoms. The van der Waals surface area contributed by atoms with Crippen LogP contribution >= 0.6 is 22.6 Å². The van der Waals surface area contributed by atoms with E-state index in [9.17, 15) is 19.8 Å². The summed E-state index contributed by atoms with van der Waals surface area (Å²) in [4.78, 5) is 23.9. The van der Waals surface area contributed by atoms with Crippen molar-refractivity contribution in [3.8, 4) is 11.5 Å². The van der Waals surface area contributed by atoms with Gasteiger partial charge in [-0.3, -0.25) is 9.59 Å². The number of phenolic OH excluding ortho intramolecular Hbond substituents is 2. The number of phenols is 2. The number of halogens is 1. The highest BCUT2D eigenvalue weighted by Crippen LogP contribution is 2.22. The molecule has 0 heterocycles. The maximum Gasteiger partial charge on any atom is 0.275 e. The minimum Gasteiger partial charge on any atom is -0.508 e. The third-order valence-corrected chi connectivity index (χ3v) is 3.77. The lowest BCUT2D eigenvalue weighted by atomic mass is 10.2. The number of carbonyl (C=O) groups excluding carboxylic acids is 2. The average Bonchev–Trinajstić information content (AvgIpc) is 2.52. The Morgan fingerprint density at radius 2 is 1.92 bits per heavy atom. The Morgan fingerprint density at radius 3 is 2.60 bits per heavy atom. The Balaban J connectivity index is 1.92. The van der Waals surface area contributed by atoms with Crippen molar-refractivity contribution in [3.05, 3.63) is 51.6 Å². The SMILES string of the molecule is C/C(CC(=O)Nc1cccc(I)c1)=N/NC(=O)c1ccc(O)cc1O. The van der Waals surface area contributed by atoms with E-state index in [0.717, 1.165) is 9.64 Å². The molecule has 0 aliphatic rings. The van der Waals surface area contributed by atoms with Crippen molar-refractivity contribution >= 4 is 45.8 Å². The van der Waals surface area contributed by atoms with Crippen LogP contribution in [0.3, 0.4) is 0 Å². The van der Waals surface area contributed by atoms with Gasteiger partial charge in [0.25, 0.3) is 5.91 Å². The summed E-state index contributed by atoms with van der Waals surface area (Å²) in [5, 5.41) is 25.4. The van der Waals surface area contributed by atoms with Crippen molar-refractivity contribution in [1.29, 1.82) is 0 Å². The van der Waals surface area contributed by atoms with Gasteiger partial charge in [0, 0.05) is 21.0 Å². The molecule has 2 aromatic carbocycles. The topological polar surface area (TPSA) is 111 Å². The molecule has 2 rings (SSSR count). The summed E-state index contributed by atoms with van der Waals surface area (Å²) in [7, 11) is 0. The van der Waals surface area contributed by atoms with Crippen molar-refractivity contribution in [1.82, 2.24) is 5.43 Å². The monoisotopic (exact) mass is 453 g/mol. The minimum absolute atomic E-state index is 0.00726. The van der Waals surface area contributed by atoms with Gasteiger partial charge in [0.05, 0.1) is 12.0 Å². The number of hydrogen-bond acceptors (Lipinski definition) is 5. The number of benzene rings is 2. The molecule has 0 saturated heterocycles. The smallest absolute Gasteiger partial charge is 0.275 e. The zero-order valence-electron chi connectivity index (χ0n) is 13.3. The van der Waals surface area contributed by atoms with Crippen LogP contribution in [0, 0.1) is 3.57 Å². The van der Waals surface area contributed by atoms with Gasteiger partial charge in [0.2, 0.25) is 5.91 Å². The van der Waals surface area contributed by atoms with Gasteiger partial charge in [-0.15, -0.1) is 0 Å². The fourth-order valence-electron chi connectivity index (χ4n) is 1.96. The van der Waals surface area contributed by atoms with E-state index in [1.807, 2.05) is 18.2 Å². The summed E-state index contributed by atoms with van der Waals surface area (Å²) >= 11 is 2.15. The van der Waals surface area contributed by atoms with Crippen molar-refractivity contribution in [3.63, 3.8) is 0 Å². The molecular formula is C17H16IN3O4. The van der Waals surface area contributed by atoms with Crippen LogP contribution in [0.5, 0.6) is 11.5 Å². The maximum atomic E-state index is 12.0. The Bertz CT molecular complexity index is 836. The first-order chi connectivity index (χ1) is 11.8. The summed E-state index contributed by atoms with van der Waals surface area (Å²) in [5.74, 6) is -1.41. The second-order valence-corrected chi connectivity index (χ2v) is 6.47. The van der Waals surface area contributed by atoms with Gasteiger partial charge in [0.15, 0.2) is 0 Å². The van der Waals surface area contributed by atoms with Crippen molar-refractivity contribution < 1.29 is 19.8 Å². The summed E-state index contributed by atoms with van der Waals surface area (Å²) in [6.45, 7) is 1.60. The van der Waals surface area contributed by atoms with E-state index in [0.29, 0.717) is 11.4 Å². The lowest BCUT2D eigenvalue weighted by molar-refractivity contribution is -0.115. The standard InChI is InChI=1S/C17H16IN3O4/c1-10(7-16(24)19-12-4-2-3-11(18)8-12)20-21-17(25)14-6-5-13(22)9-15(14)23/h2-6,8-9,22-23H,7H2,1H3,(H,19,24)(H,21,25)/b20-10-. The number of anilines is 1. The van der Waals surface area contributed by atoms with Crippen LogP contribution in [0.1, 0.15) is 23.7 Å². The van der Waals surface area contributed by atoms with E-state index < -0.39 is 5.91 Å². The zero-order valence-corrected chi connectivity index (χ0v) is 15.4. The molecule has 25 heavy (non-hydrogen) atoms. The molecule has 0 aliphatic carbocycles. The van der Waals surface area contributed by atoms with Crippen LogP contribution in [0.25, 0.3) is 0 Å². The molecule has 2 aromatic rings. The lowest BCUT2D eigenvalue weighted by Gasteiger charge is -2.06. The molecule has 4 N–H and O–H groups in total. The Kier molecular flexibility index (Phi) is 6.34. The van der Waals surface area contributed by atoms with Crippen LogP contribution in [0.2, 0.25) is 0 Å². The number of rotatable bonds is 5. The number of hydrazone groups is 1. The molecule has 0 saturated carbocycles. The Morgan fingerprint density at radius 1 is 1.16 bits per heavy atom. The van der Waals surface area contributed by atoms with E-state index in [1.165, 1.54) is 12.1 Å². The third-order valence-electron chi connectivity index (χ3n) is 3.10. The highest BCUT2D eigenvalue weighted by atomic mass is 127. The van der Waals surface area contributed by atoms with Gasteiger partial charge in [-0.2, -0.15) is 5.10 Å². The quantitative estimate of drug-likeness (QED) is 0.317. The fourth-order valence-corrected chi connectivity index (χ4v) is 2.50. The van der Waals surface area contributed by atoms with Crippen molar-refractivity contribution in [2.75, 3.05) is 5.32 Å². The summed E-state index contributed by atoms with van der Waals surface area (Å²) in [6.07, 6.45) is 0.00726. The predicted molar refractivity (Wildman–Crippen MR) is 103 cm³/mol. The Hall–Kier alpha value is -2.62. The first kappa shape index (κ1) is 18.7. The molecule has 0 spiro atoms. The van der Waals surface area contributed by atoms with E-state index >= 15 is 0 Å². The average molecular weight is 453 g/mol. The fraction of sp³-hybridized carbons (Fsp3) is 0.118. The van der Waals surface area contributed by atoms with Gasteiger partial charge in [-0.05, 0) is 59.8 Å². The van der Waals surface area contributed by atoms with Gasteiger partial charge in [0.1, 0.15) is 11.5 Å². The molecular weight excluding hydrogens is 437 g/mol. The van der Waals surface area contributed by atoms with Gasteiger partial charge in [-0.1, -0.05) is 6.07 Å². The van der Waals surface area contributed by atoms with Gasteiger partial charge < -0.3 is 15.5 Å². The molecule has 0 unspecified atom stereocenters. The molecule has 2 amide bonds. The van der Waals surface area contributed by atoms with E-state index in [-0.39, 0.29) is 29.4 Å². The zero-order chi connectivity index (χ0) is 18.4. The second kappa shape index (κ2) is 8.47. The molecule has 0 aliphatic heterocycles. The number of amides is 2. The maximum absolute atomic E-state index is 12.0. The van der Waals surface area contributed by atoms with Crippen LogP contribution in [0.15, 0.2) is 47.6 Å². The number of carbonyl (C=O) groups is 2. The molecule has 0 aromatic heterocycles. The first-order valence-corrected chi connectivity index (χ1v) is 8.34. The lowest BCUT2D eigenvalue weighted by Crippen LogP contribution is -2.21. The molecule has 130 valence electrons. The van der Waals surface area contributed by atoms with Crippen LogP contribution in [-0.4, -0.2) is 27.7 Å². The number of hydrogen-bond donors (Lipinski definition) is 4. The van der Waals surface area contributed by atoms with Crippen molar-refractivity contribution in [2.45, 2.75) is 13.3 Å². The second-order valence-electron chi connectivity index (χ2n) is 5.22. The summed E-state index contributed by atoms with van der Waals surface area (Å²) in [6, 6.07) is 11.0. The summed E-state index contributed by atoms with van der Waals surface area (Å²) < 4.78 is 1.00. The highest BCUT2D eigenvalue weighted by molar-refractivity contribution is 14.1.